The number of hydrogen-bond acceptors (Lipinski definition) is 3. The molecule has 19 heavy (non-hydrogen) atoms. The fraction of sp³-hybridized carbons (Fsp3) is 0.857. The molecule has 3 amide bonds. The van der Waals surface area contributed by atoms with Crippen molar-refractivity contribution >= 4 is 11.9 Å². The molecule has 2 N–H and O–H groups in total. The lowest BCUT2D eigenvalue weighted by molar-refractivity contribution is -0.125. The molecule has 0 aromatic rings. The van der Waals surface area contributed by atoms with Gasteiger partial charge in [-0.2, -0.15) is 0 Å². The molecule has 1 rings (SSSR count). The molecule has 5 heteroatoms. The maximum absolute atomic E-state index is 12.0. The van der Waals surface area contributed by atoms with Gasteiger partial charge in [-0.1, -0.05) is 6.92 Å². The van der Waals surface area contributed by atoms with Crippen LogP contribution in [-0.4, -0.2) is 42.5 Å². The number of carbonyl (C=O) groups is 2. The molecule has 1 aliphatic carbocycles. The van der Waals surface area contributed by atoms with Crippen LogP contribution >= 0.6 is 0 Å². The summed E-state index contributed by atoms with van der Waals surface area (Å²) in [6, 6.07) is -0.239. The van der Waals surface area contributed by atoms with Gasteiger partial charge >= 0.3 is 6.03 Å². The summed E-state index contributed by atoms with van der Waals surface area (Å²) in [6.45, 7) is 6.47. The number of nitrogens with zero attached hydrogens (tertiary/aromatic N) is 1. The van der Waals surface area contributed by atoms with E-state index in [9.17, 15) is 9.59 Å². The van der Waals surface area contributed by atoms with E-state index in [-0.39, 0.29) is 11.9 Å². The smallest absolute Gasteiger partial charge is 0.321 e. The summed E-state index contributed by atoms with van der Waals surface area (Å²) < 4.78 is 0. The highest BCUT2D eigenvalue weighted by Gasteiger charge is 2.28. The molecule has 5 nitrogen and oxygen atoms in total. The summed E-state index contributed by atoms with van der Waals surface area (Å²) in [4.78, 5) is 25.4. The molecule has 110 valence electrons. The monoisotopic (exact) mass is 269 g/mol. The number of amides is 3. The summed E-state index contributed by atoms with van der Waals surface area (Å²) in [7, 11) is 1.97. The summed E-state index contributed by atoms with van der Waals surface area (Å²) in [5.74, 6) is 0.566. The first-order valence-electron chi connectivity index (χ1n) is 7.26. The summed E-state index contributed by atoms with van der Waals surface area (Å²) in [5, 5.41) is 4.94. The molecular formula is C14H27N3O2. The number of nitrogens with one attached hydrogen (secondary N) is 2. The minimum Gasteiger partial charge on any atom is -0.338 e. The van der Waals surface area contributed by atoms with E-state index in [0.29, 0.717) is 12.6 Å². The highest BCUT2D eigenvalue weighted by Crippen LogP contribution is 2.27. The Hall–Kier alpha value is -1.10. The zero-order valence-corrected chi connectivity index (χ0v) is 12.5. The molecule has 1 saturated carbocycles. The van der Waals surface area contributed by atoms with Crippen LogP contribution in [0, 0.1) is 5.92 Å². The Morgan fingerprint density at radius 1 is 1.26 bits per heavy atom. The zero-order valence-electron chi connectivity index (χ0n) is 12.5. The van der Waals surface area contributed by atoms with Crippen molar-refractivity contribution in [2.24, 2.45) is 5.92 Å². The Bertz CT molecular complexity index is 312. The number of rotatable bonds is 4. The van der Waals surface area contributed by atoms with Crippen LogP contribution in [-0.2, 0) is 4.79 Å². The van der Waals surface area contributed by atoms with E-state index in [2.05, 4.69) is 22.5 Å². The van der Waals surface area contributed by atoms with Crippen molar-refractivity contribution in [2.75, 3.05) is 13.6 Å². The molecular weight excluding hydrogens is 242 g/mol. The predicted octanol–water partition coefficient (Wildman–Crippen LogP) is 1.73. The fourth-order valence-electron chi connectivity index (χ4n) is 2.57. The molecule has 0 aromatic heterocycles. The Morgan fingerprint density at radius 2 is 1.84 bits per heavy atom. The standard InChI is InChI=1S/C14H27N3O2/c1-5-15-14(19)16-13(18)11(3)17(4)12-8-6-10(2)7-9-12/h10-12H,5-9H2,1-4H3,(H2,15,16,18,19). The Labute approximate surface area is 116 Å². The molecule has 0 bridgehead atoms. The van der Waals surface area contributed by atoms with E-state index in [1.165, 1.54) is 12.8 Å². The van der Waals surface area contributed by atoms with Crippen LogP contribution in [0.1, 0.15) is 46.5 Å². The van der Waals surface area contributed by atoms with Gasteiger partial charge in [0.25, 0.3) is 0 Å². The van der Waals surface area contributed by atoms with Crippen molar-refractivity contribution in [2.45, 2.75) is 58.5 Å². The third-order valence-electron chi connectivity index (χ3n) is 4.13. The van der Waals surface area contributed by atoms with Crippen LogP contribution in [0.2, 0.25) is 0 Å². The third-order valence-corrected chi connectivity index (χ3v) is 4.13. The van der Waals surface area contributed by atoms with E-state index >= 15 is 0 Å². The third kappa shape index (κ3) is 4.82. The Balaban J connectivity index is 2.44. The van der Waals surface area contributed by atoms with E-state index in [1.807, 2.05) is 20.9 Å². The van der Waals surface area contributed by atoms with Crippen LogP contribution in [0.25, 0.3) is 0 Å². The van der Waals surface area contributed by atoms with Gasteiger partial charge in [-0.05, 0) is 52.5 Å². The van der Waals surface area contributed by atoms with E-state index in [1.54, 1.807) is 0 Å². The van der Waals surface area contributed by atoms with Gasteiger partial charge in [0.2, 0.25) is 5.91 Å². The number of imide groups is 1. The van der Waals surface area contributed by atoms with Gasteiger partial charge in [0.1, 0.15) is 0 Å². The maximum atomic E-state index is 12.0. The molecule has 0 radical (unpaired) electrons. The second kappa shape index (κ2) is 7.48. The topological polar surface area (TPSA) is 61.4 Å². The number of urea groups is 1. The van der Waals surface area contributed by atoms with E-state index in [4.69, 9.17) is 0 Å². The Kier molecular flexibility index (Phi) is 6.28. The first-order chi connectivity index (χ1) is 8.95. The van der Waals surface area contributed by atoms with Crippen LogP contribution in [0.3, 0.4) is 0 Å². The highest BCUT2D eigenvalue weighted by atomic mass is 16.2. The number of hydrogen-bond donors (Lipinski definition) is 2. The largest absolute Gasteiger partial charge is 0.338 e. The quantitative estimate of drug-likeness (QED) is 0.817. The second-order valence-electron chi connectivity index (χ2n) is 5.60. The van der Waals surface area contributed by atoms with Crippen molar-refractivity contribution in [3.8, 4) is 0 Å². The predicted molar refractivity (Wildman–Crippen MR) is 75.9 cm³/mol. The molecule has 0 aromatic carbocycles. The van der Waals surface area contributed by atoms with Crippen LogP contribution in [0.5, 0.6) is 0 Å². The average Bonchev–Trinajstić information content (AvgIpc) is 2.38. The first-order valence-corrected chi connectivity index (χ1v) is 7.26. The molecule has 0 saturated heterocycles. The number of likely N-dealkylation sites (N-methyl/N-ethyl adjacent to an activating group) is 1. The maximum Gasteiger partial charge on any atom is 0.321 e. The fourth-order valence-corrected chi connectivity index (χ4v) is 2.57. The van der Waals surface area contributed by atoms with Gasteiger partial charge in [-0.25, -0.2) is 4.79 Å². The van der Waals surface area contributed by atoms with E-state index in [0.717, 1.165) is 18.8 Å². The molecule has 0 aliphatic heterocycles. The van der Waals surface area contributed by atoms with Crippen molar-refractivity contribution in [1.29, 1.82) is 0 Å². The molecule has 0 heterocycles. The SMILES string of the molecule is CCNC(=O)NC(=O)C(C)N(C)C1CCC(C)CC1. The van der Waals surface area contributed by atoms with Gasteiger partial charge in [0.15, 0.2) is 0 Å². The minimum absolute atomic E-state index is 0.230. The van der Waals surface area contributed by atoms with Crippen LogP contribution < -0.4 is 10.6 Å². The molecule has 1 unspecified atom stereocenters. The van der Waals surface area contributed by atoms with Crippen LogP contribution in [0.15, 0.2) is 0 Å². The van der Waals surface area contributed by atoms with Gasteiger partial charge < -0.3 is 5.32 Å². The second-order valence-corrected chi connectivity index (χ2v) is 5.60. The number of carbonyl (C=O) groups excluding carboxylic acids is 2. The normalized spacial score (nSPS) is 24.9. The van der Waals surface area contributed by atoms with Crippen LogP contribution in [0.4, 0.5) is 4.79 Å². The average molecular weight is 269 g/mol. The highest BCUT2D eigenvalue weighted by molar-refractivity contribution is 5.96. The lowest BCUT2D eigenvalue weighted by Crippen LogP contribution is -2.51. The summed E-state index contributed by atoms with van der Waals surface area (Å²) >= 11 is 0. The molecule has 1 atom stereocenters. The summed E-state index contributed by atoms with van der Waals surface area (Å²) in [5.41, 5.74) is 0. The first kappa shape index (κ1) is 16.0. The minimum atomic E-state index is -0.412. The van der Waals surface area contributed by atoms with Gasteiger partial charge in [-0.3, -0.25) is 15.0 Å². The van der Waals surface area contributed by atoms with Crippen molar-refractivity contribution in [1.82, 2.24) is 15.5 Å². The zero-order chi connectivity index (χ0) is 14.4. The van der Waals surface area contributed by atoms with Gasteiger partial charge in [0.05, 0.1) is 6.04 Å². The molecule has 1 fully saturated rings. The van der Waals surface area contributed by atoms with Crippen molar-refractivity contribution < 1.29 is 9.59 Å². The van der Waals surface area contributed by atoms with Gasteiger partial charge in [0, 0.05) is 12.6 Å². The lowest BCUT2D eigenvalue weighted by atomic mass is 9.86. The molecule has 0 spiro atoms. The molecule has 1 aliphatic rings. The Morgan fingerprint density at radius 3 is 2.37 bits per heavy atom. The van der Waals surface area contributed by atoms with Gasteiger partial charge in [-0.15, -0.1) is 0 Å². The van der Waals surface area contributed by atoms with Crippen molar-refractivity contribution in [3.63, 3.8) is 0 Å². The lowest BCUT2D eigenvalue weighted by Gasteiger charge is -2.36. The van der Waals surface area contributed by atoms with E-state index < -0.39 is 6.03 Å². The van der Waals surface area contributed by atoms with Crippen molar-refractivity contribution in [3.05, 3.63) is 0 Å². The summed E-state index contributed by atoms with van der Waals surface area (Å²) in [6.07, 6.45) is 4.71.